The van der Waals surface area contributed by atoms with Crippen LogP contribution < -0.4 is 5.32 Å². The molecular formula is C24H33N3O4S2. The van der Waals surface area contributed by atoms with Crippen LogP contribution in [0.3, 0.4) is 0 Å². The number of sulfonamides is 1. The number of ketones is 1. The average molecular weight is 492 g/mol. The van der Waals surface area contributed by atoms with E-state index in [2.05, 4.69) is 28.6 Å². The number of piperidine rings is 1. The molecule has 7 nitrogen and oxygen atoms in total. The molecule has 0 bridgehead atoms. The lowest BCUT2D eigenvalue weighted by molar-refractivity contribution is 0.0169. The molecule has 0 spiro atoms. The second kappa shape index (κ2) is 11.2. The smallest absolute Gasteiger partial charge is 0.243 e. The molecule has 3 heterocycles. The van der Waals surface area contributed by atoms with Gasteiger partial charge in [-0.2, -0.15) is 4.31 Å². The summed E-state index contributed by atoms with van der Waals surface area (Å²) in [4.78, 5) is 16.7. The van der Waals surface area contributed by atoms with Crippen LogP contribution in [-0.4, -0.2) is 75.9 Å². The lowest BCUT2D eigenvalue weighted by Gasteiger charge is -2.34. The summed E-state index contributed by atoms with van der Waals surface area (Å²) in [7, 11) is -3.58. The number of carbonyl (C=O) groups excluding carboxylic acids is 1. The Kier molecular flexibility index (Phi) is 8.32. The normalized spacial score (nSPS) is 20.0. The number of Topliss-reactive ketones (excluding diaryl/α,β-unsaturated/α-hetero) is 1. The van der Waals surface area contributed by atoms with Crippen molar-refractivity contribution < 1.29 is 17.9 Å². The van der Waals surface area contributed by atoms with Crippen LogP contribution in [0.4, 0.5) is 0 Å². The Morgan fingerprint density at radius 2 is 1.91 bits per heavy atom. The molecule has 33 heavy (non-hydrogen) atoms. The van der Waals surface area contributed by atoms with E-state index in [1.54, 1.807) is 33.8 Å². The maximum Gasteiger partial charge on any atom is 0.243 e. The van der Waals surface area contributed by atoms with Crippen LogP contribution in [0.5, 0.6) is 0 Å². The molecule has 0 aliphatic carbocycles. The molecule has 0 radical (unpaired) electrons. The number of rotatable bonds is 9. The quantitative estimate of drug-likeness (QED) is 0.544. The monoisotopic (exact) mass is 491 g/mol. The third kappa shape index (κ3) is 6.09. The highest BCUT2D eigenvalue weighted by atomic mass is 32.2. The number of hydrogen-bond acceptors (Lipinski definition) is 7. The first-order chi connectivity index (χ1) is 15.9. The highest BCUT2D eigenvalue weighted by Crippen LogP contribution is 2.26. The van der Waals surface area contributed by atoms with Crippen LogP contribution in [0.15, 0.2) is 46.7 Å². The molecule has 2 aliphatic heterocycles. The van der Waals surface area contributed by atoms with Crippen LogP contribution in [0.2, 0.25) is 0 Å². The molecule has 0 saturated carbocycles. The molecule has 0 amide bonds. The second-order valence-corrected chi connectivity index (χ2v) is 11.8. The van der Waals surface area contributed by atoms with Crippen LogP contribution in [-0.2, 0) is 14.8 Å². The lowest BCUT2D eigenvalue weighted by Crippen LogP contribution is -2.43. The Morgan fingerprint density at radius 3 is 2.61 bits per heavy atom. The fraction of sp³-hybridized carbons (Fsp3) is 0.542. The van der Waals surface area contributed by atoms with E-state index < -0.39 is 10.0 Å². The maximum atomic E-state index is 13.1. The molecule has 9 heteroatoms. The Morgan fingerprint density at radius 1 is 1.15 bits per heavy atom. The van der Waals surface area contributed by atoms with E-state index in [0.29, 0.717) is 31.1 Å². The van der Waals surface area contributed by atoms with Crippen molar-refractivity contribution in [3.63, 3.8) is 0 Å². The molecule has 1 aromatic carbocycles. The molecule has 180 valence electrons. The van der Waals surface area contributed by atoms with Gasteiger partial charge < -0.3 is 10.1 Å². The first-order valence-electron chi connectivity index (χ1n) is 11.6. The van der Waals surface area contributed by atoms with Gasteiger partial charge in [-0.15, -0.1) is 11.3 Å². The summed E-state index contributed by atoms with van der Waals surface area (Å²) in [6.07, 6.45) is 1.74. The van der Waals surface area contributed by atoms with Crippen molar-refractivity contribution >= 4 is 27.1 Å². The van der Waals surface area contributed by atoms with Gasteiger partial charge in [-0.05, 0) is 42.3 Å². The minimum Gasteiger partial charge on any atom is -0.379 e. The molecule has 2 aliphatic rings. The van der Waals surface area contributed by atoms with Crippen molar-refractivity contribution in [3.05, 3.63) is 52.2 Å². The molecule has 1 N–H and O–H groups in total. The van der Waals surface area contributed by atoms with Gasteiger partial charge >= 0.3 is 0 Å². The number of benzene rings is 1. The number of nitrogens with one attached hydrogen (secondary N) is 1. The lowest BCUT2D eigenvalue weighted by atomic mass is 10.0. The SMILES string of the molecule is CC1CCN(S(=O)(=O)c2cccc(C(=O)CNCC(c3cccs3)N3CCOCC3)c2)CC1. The average Bonchev–Trinajstić information content (AvgIpc) is 3.37. The van der Waals surface area contributed by atoms with Crippen LogP contribution in [0.25, 0.3) is 0 Å². The van der Waals surface area contributed by atoms with Gasteiger partial charge in [-0.1, -0.05) is 25.1 Å². The first kappa shape index (κ1) is 24.5. The van der Waals surface area contributed by atoms with Crippen molar-refractivity contribution in [1.29, 1.82) is 0 Å². The number of morpholine rings is 1. The Hall–Kier alpha value is -1.62. The Bertz CT molecular complexity index is 1010. The number of carbonyl (C=O) groups is 1. The number of hydrogen-bond donors (Lipinski definition) is 1. The Balaban J connectivity index is 1.38. The van der Waals surface area contributed by atoms with E-state index >= 15 is 0 Å². The van der Waals surface area contributed by atoms with Gasteiger partial charge in [0.15, 0.2) is 5.78 Å². The van der Waals surface area contributed by atoms with E-state index in [1.807, 2.05) is 6.07 Å². The zero-order valence-electron chi connectivity index (χ0n) is 19.1. The molecule has 4 rings (SSSR count). The van der Waals surface area contributed by atoms with E-state index in [-0.39, 0.29) is 23.3 Å². The molecular weight excluding hydrogens is 458 g/mol. The summed E-state index contributed by atoms with van der Waals surface area (Å²) in [5, 5.41) is 5.38. The summed E-state index contributed by atoms with van der Waals surface area (Å²) in [6.45, 7) is 7.21. The van der Waals surface area contributed by atoms with Gasteiger partial charge in [0.25, 0.3) is 0 Å². The van der Waals surface area contributed by atoms with Gasteiger partial charge in [-0.3, -0.25) is 9.69 Å². The summed E-state index contributed by atoms with van der Waals surface area (Å²) in [5.41, 5.74) is 0.424. The second-order valence-electron chi connectivity index (χ2n) is 8.85. The van der Waals surface area contributed by atoms with Crippen molar-refractivity contribution in [2.24, 2.45) is 5.92 Å². The van der Waals surface area contributed by atoms with Gasteiger partial charge in [0.2, 0.25) is 10.0 Å². The van der Waals surface area contributed by atoms with E-state index in [9.17, 15) is 13.2 Å². The highest BCUT2D eigenvalue weighted by molar-refractivity contribution is 7.89. The van der Waals surface area contributed by atoms with E-state index in [1.165, 1.54) is 10.9 Å². The summed E-state index contributed by atoms with van der Waals surface area (Å²) in [5.74, 6) is 0.442. The van der Waals surface area contributed by atoms with E-state index in [0.717, 1.165) is 39.1 Å². The van der Waals surface area contributed by atoms with Gasteiger partial charge in [0.1, 0.15) is 0 Å². The van der Waals surface area contributed by atoms with Crippen molar-refractivity contribution in [1.82, 2.24) is 14.5 Å². The topological polar surface area (TPSA) is 79.0 Å². The van der Waals surface area contributed by atoms with Crippen LogP contribution >= 0.6 is 11.3 Å². The predicted octanol–water partition coefficient (Wildman–Crippen LogP) is 3.01. The molecule has 1 atom stereocenters. The predicted molar refractivity (Wildman–Crippen MR) is 130 cm³/mol. The van der Waals surface area contributed by atoms with Gasteiger partial charge in [-0.25, -0.2) is 8.42 Å². The fourth-order valence-electron chi connectivity index (χ4n) is 4.41. The molecule has 1 unspecified atom stereocenters. The van der Waals surface area contributed by atoms with Gasteiger partial charge in [0.05, 0.1) is 30.7 Å². The first-order valence-corrected chi connectivity index (χ1v) is 14.0. The minimum atomic E-state index is -3.58. The van der Waals surface area contributed by atoms with Crippen molar-refractivity contribution in [3.8, 4) is 0 Å². The molecule has 2 fully saturated rings. The summed E-state index contributed by atoms with van der Waals surface area (Å²) in [6, 6.07) is 10.8. The third-order valence-corrected chi connectivity index (χ3v) is 9.39. The number of nitrogens with zero attached hydrogens (tertiary/aromatic N) is 2. The summed E-state index contributed by atoms with van der Waals surface area (Å²) < 4.78 is 33.2. The standard InChI is InChI=1S/C24H33N3O4S2/c1-19-7-9-27(10-8-19)33(29,30)21-5-2-4-20(16-21)23(28)18-25-17-22(24-6-3-15-32-24)26-11-13-31-14-12-26/h2-6,15-16,19,22,25H,7-14,17-18H2,1H3. The Labute approximate surface area is 200 Å². The molecule has 2 aromatic rings. The third-order valence-electron chi connectivity index (χ3n) is 6.52. The minimum absolute atomic E-state index is 0.105. The zero-order chi connectivity index (χ0) is 23.3. The summed E-state index contributed by atoms with van der Waals surface area (Å²) >= 11 is 1.72. The van der Waals surface area contributed by atoms with Crippen LogP contribution in [0.1, 0.15) is 41.0 Å². The highest BCUT2D eigenvalue weighted by Gasteiger charge is 2.28. The van der Waals surface area contributed by atoms with Gasteiger partial charge in [0, 0.05) is 43.2 Å². The zero-order valence-corrected chi connectivity index (χ0v) is 20.7. The maximum absolute atomic E-state index is 13.1. The largest absolute Gasteiger partial charge is 0.379 e. The van der Waals surface area contributed by atoms with Crippen molar-refractivity contribution in [2.75, 3.05) is 52.5 Å². The fourth-order valence-corrected chi connectivity index (χ4v) is 6.79. The number of thiophene rings is 1. The van der Waals surface area contributed by atoms with E-state index in [4.69, 9.17) is 4.74 Å². The molecule has 2 saturated heterocycles. The molecule has 1 aromatic heterocycles. The van der Waals surface area contributed by atoms with Crippen molar-refractivity contribution in [2.45, 2.75) is 30.7 Å². The number of ether oxygens (including phenoxy) is 1. The van der Waals surface area contributed by atoms with Crippen LogP contribution in [0, 0.1) is 5.92 Å².